The highest BCUT2D eigenvalue weighted by atomic mass is 35.5. The summed E-state index contributed by atoms with van der Waals surface area (Å²) in [5, 5.41) is 4.22. The Labute approximate surface area is 208 Å². The number of aryl methyl sites for hydroxylation is 2. The van der Waals surface area contributed by atoms with Crippen LogP contribution in [0.4, 0.5) is 0 Å². The van der Waals surface area contributed by atoms with Crippen molar-refractivity contribution in [3.8, 4) is 11.3 Å². The van der Waals surface area contributed by atoms with E-state index in [2.05, 4.69) is 67.9 Å². The second-order valence-corrected chi connectivity index (χ2v) is 11.9. The molecule has 1 heterocycles. The molecule has 1 N–H and O–H groups in total. The average Bonchev–Trinajstić information content (AvgIpc) is 3.44. The first kappa shape index (κ1) is 23.2. The van der Waals surface area contributed by atoms with Crippen LogP contribution >= 0.6 is 11.6 Å². The first-order chi connectivity index (χ1) is 16.1. The molecule has 3 aromatic rings. The van der Waals surface area contributed by atoms with E-state index in [9.17, 15) is 4.79 Å². The Morgan fingerprint density at radius 2 is 1.82 bits per heavy atom. The first-order valence-corrected chi connectivity index (χ1v) is 12.8. The summed E-state index contributed by atoms with van der Waals surface area (Å²) in [6.07, 6.45) is 5.71. The summed E-state index contributed by atoms with van der Waals surface area (Å²) in [4.78, 5) is 13.6. The van der Waals surface area contributed by atoms with Gasteiger partial charge in [-0.25, -0.2) is 0 Å². The highest BCUT2D eigenvalue weighted by Gasteiger charge is 2.59. The van der Waals surface area contributed by atoms with Gasteiger partial charge in [0.05, 0.1) is 5.56 Å². The van der Waals surface area contributed by atoms with E-state index in [1.54, 1.807) is 0 Å². The predicted molar refractivity (Wildman–Crippen MR) is 140 cm³/mol. The summed E-state index contributed by atoms with van der Waals surface area (Å²) in [5.74, 6) is 0.725. The molecule has 3 nitrogen and oxygen atoms in total. The monoisotopic (exact) mass is 474 g/mol. The summed E-state index contributed by atoms with van der Waals surface area (Å²) in [7, 11) is 0. The van der Waals surface area contributed by atoms with E-state index in [-0.39, 0.29) is 22.8 Å². The molecule has 0 aliphatic heterocycles. The van der Waals surface area contributed by atoms with E-state index < -0.39 is 0 Å². The van der Waals surface area contributed by atoms with Crippen molar-refractivity contribution in [3.05, 3.63) is 82.0 Å². The second-order valence-electron chi connectivity index (χ2n) is 11.5. The SMILES string of the molecule is Cc1ccc(Cn2cc(C(=O)N[C@@H]3C(C)(C)C4CC[C@@]3(C)C4)cc2-c2ccc(Cl)c(C)c2)cc1. The Hall–Kier alpha value is -2.52. The number of carbonyl (C=O) groups excluding carboxylic acids is 1. The lowest BCUT2D eigenvalue weighted by Gasteiger charge is -2.43. The second kappa shape index (κ2) is 8.30. The molecule has 1 amide bonds. The molecular weight excluding hydrogens is 440 g/mol. The molecule has 2 fully saturated rings. The molecule has 5 rings (SSSR count). The molecule has 0 spiro atoms. The molecule has 2 aliphatic carbocycles. The van der Waals surface area contributed by atoms with E-state index in [0.29, 0.717) is 12.5 Å². The molecule has 1 unspecified atom stereocenters. The molecule has 2 bridgehead atoms. The van der Waals surface area contributed by atoms with Crippen molar-refractivity contribution < 1.29 is 4.79 Å². The zero-order chi connectivity index (χ0) is 24.3. The minimum atomic E-state index is 0.0291. The standard InChI is InChI=1S/C30H35ClN2O/c1-19-6-8-21(9-7-19)17-33-18-23(15-26(33)22-10-11-25(31)20(2)14-22)27(34)32-28-29(3,4)24-12-13-30(28,5)16-24/h6-11,14-15,18,24,28H,12-13,16-17H2,1-5H3,(H,32,34)/t24?,28-,30+/m1/s1. The number of carbonyl (C=O) groups is 1. The van der Waals surface area contributed by atoms with Crippen molar-refractivity contribution in [1.82, 2.24) is 9.88 Å². The van der Waals surface area contributed by atoms with Crippen LogP contribution in [0.2, 0.25) is 5.02 Å². The van der Waals surface area contributed by atoms with E-state index in [0.717, 1.165) is 27.4 Å². The maximum Gasteiger partial charge on any atom is 0.253 e. The smallest absolute Gasteiger partial charge is 0.253 e. The van der Waals surface area contributed by atoms with Crippen molar-refractivity contribution in [2.75, 3.05) is 0 Å². The summed E-state index contributed by atoms with van der Waals surface area (Å²) in [6, 6.07) is 16.9. The molecule has 3 atom stereocenters. The van der Waals surface area contributed by atoms with Gasteiger partial charge in [0.2, 0.25) is 0 Å². The summed E-state index contributed by atoms with van der Waals surface area (Å²) < 4.78 is 2.19. The highest BCUT2D eigenvalue weighted by molar-refractivity contribution is 6.31. The third-order valence-corrected chi connectivity index (χ3v) is 9.06. The van der Waals surface area contributed by atoms with Crippen LogP contribution in [0.1, 0.15) is 67.1 Å². The average molecular weight is 475 g/mol. The minimum Gasteiger partial charge on any atom is -0.348 e. The summed E-state index contributed by atoms with van der Waals surface area (Å²) in [6.45, 7) is 11.8. The fraction of sp³-hybridized carbons (Fsp3) is 0.433. The van der Waals surface area contributed by atoms with Gasteiger partial charge in [0.15, 0.2) is 0 Å². The largest absolute Gasteiger partial charge is 0.348 e. The van der Waals surface area contributed by atoms with Crippen LogP contribution in [0.25, 0.3) is 11.3 Å². The Kier molecular flexibility index (Phi) is 5.67. The summed E-state index contributed by atoms with van der Waals surface area (Å²) >= 11 is 6.30. The van der Waals surface area contributed by atoms with E-state index in [1.807, 2.05) is 31.3 Å². The maximum absolute atomic E-state index is 13.6. The Balaban J connectivity index is 1.49. The number of hydrogen-bond acceptors (Lipinski definition) is 1. The van der Waals surface area contributed by atoms with Gasteiger partial charge in [-0.1, -0.05) is 68.3 Å². The number of nitrogens with one attached hydrogen (secondary N) is 1. The number of halogens is 1. The fourth-order valence-corrected chi connectivity index (χ4v) is 6.70. The van der Waals surface area contributed by atoms with Crippen molar-refractivity contribution >= 4 is 17.5 Å². The van der Waals surface area contributed by atoms with Crippen molar-refractivity contribution in [3.63, 3.8) is 0 Å². The molecule has 1 aromatic heterocycles. The normalized spacial score (nSPS) is 25.0. The molecule has 2 saturated carbocycles. The zero-order valence-corrected chi connectivity index (χ0v) is 21.7. The lowest BCUT2D eigenvalue weighted by atomic mass is 9.68. The highest BCUT2D eigenvalue weighted by Crippen LogP contribution is 2.62. The van der Waals surface area contributed by atoms with Crippen LogP contribution in [0, 0.1) is 30.6 Å². The van der Waals surface area contributed by atoms with Gasteiger partial charge in [-0.2, -0.15) is 0 Å². The quantitative estimate of drug-likeness (QED) is 0.410. The van der Waals surface area contributed by atoms with Gasteiger partial charge in [-0.05, 0) is 84.7 Å². The lowest BCUT2D eigenvalue weighted by molar-refractivity contribution is 0.0737. The summed E-state index contributed by atoms with van der Waals surface area (Å²) in [5.41, 5.74) is 6.63. The van der Waals surface area contributed by atoms with Gasteiger partial charge in [0, 0.05) is 29.5 Å². The van der Waals surface area contributed by atoms with Crippen molar-refractivity contribution in [2.24, 2.45) is 16.7 Å². The third-order valence-electron chi connectivity index (χ3n) is 8.63. The molecule has 2 aromatic carbocycles. The Morgan fingerprint density at radius 1 is 1.09 bits per heavy atom. The molecule has 0 saturated heterocycles. The predicted octanol–water partition coefficient (Wildman–Crippen LogP) is 7.42. The van der Waals surface area contributed by atoms with Crippen LogP contribution in [0.5, 0.6) is 0 Å². The number of benzene rings is 2. The van der Waals surface area contributed by atoms with Crippen LogP contribution in [0.3, 0.4) is 0 Å². The molecule has 178 valence electrons. The molecule has 4 heteroatoms. The van der Waals surface area contributed by atoms with Gasteiger partial charge in [0.1, 0.15) is 0 Å². The number of rotatable bonds is 5. The van der Waals surface area contributed by atoms with Crippen LogP contribution in [0.15, 0.2) is 54.7 Å². The molecular formula is C30H35ClN2O. The number of fused-ring (bicyclic) bond motifs is 2. The van der Waals surface area contributed by atoms with Crippen LogP contribution in [-0.4, -0.2) is 16.5 Å². The van der Waals surface area contributed by atoms with Gasteiger partial charge >= 0.3 is 0 Å². The molecule has 2 aliphatic rings. The number of amides is 1. The minimum absolute atomic E-state index is 0.0291. The van der Waals surface area contributed by atoms with Gasteiger partial charge in [0.25, 0.3) is 5.91 Å². The number of aromatic nitrogens is 1. The lowest BCUT2D eigenvalue weighted by Crippen LogP contribution is -2.52. The topological polar surface area (TPSA) is 34.0 Å². The zero-order valence-electron chi connectivity index (χ0n) is 20.9. The van der Waals surface area contributed by atoms with Crippen molar-refractivity contribution in [1.29, 1.82) is 0 Å². The molecule has 0 radical (unpaired) electrons. The van der Waals surface area contributed by atoms with Gasteiger partial charge < -0.3 is 9.88 Å². The van der Waals surface area contributed by atoms with Crippen molar-refractivity contribution in [2.45, 2.75) is 66.5 Å². The van der Waals surface area contributed by atoms with Crippen LogP contribution in [-0.2, 0) is 6.54 Å². The Morgan fingerprint density at radius 3 is 2.47 bits per heavy atom. The van der Waals surface area contributed by atoms with Gasteiger partial charge in [-0.15, -0.1) is 0 Å². The number of nitrogens with zero attached hydrogens (tertiary/aromatic N) is 1. The molecule has 34 heavy (non-hydrogen) atoms. The van der Waals surface area contributed by atoms with E-state index >= 15 is 0 Å². The fourth-order valence-electron chi connectivity index (χ4n) is 6.58. The Bertz CT molecular complexity index is 1230. The van der Waals surface area contributed by atoms with Gasteiger partial charge in [-0.3, -0.25) is 4.79 Å². The third kappa shape index (κ3) is 3.98. The first-order valence-electron chi connectivity index (χ1n) is 12.4. The maximum atomic E-state index is 13.6. The number of hydrogen-bond donors (Lipinski definition) is 1. The van der Waals surface area contributed by atoms with Crippen LogP contribution < -0.4 is 5.32 Å². The van der Waals surface area contributed by atoms with E-state index in [1.165, 1.54) is 30.4 Å². The van der Waals surface area contributed by atoms with E-state index in [4.69, 9.17) is 11.6 Å².